The van der Waals surface area contributed by atoms with Crippen molar-refractivity contribution in [3.63, 3.8) is 0 Å². The second kappa shape index (κ2) is 4.54. The summed E-state index contributed by atoms with van der Waals surface area (Å²) in [4.78, 5) is 2.39. The molecule has 3 nitrogen and oxygen atoms in total. The lowest BCUT2D eigenvalue weighted by atomic mass is 10.1. The van der Waals surface area contributed by atoms with Crippen molar-refractivity contribution in [2.75, 3.05) is 18.0 Å². The standard InChI is InChI=1S/C13H17N3/c1-10-9-16(11(2)8-15-10)13-5-3-12(7-14)4-6-13/h3-6,10-11,15H,8-9H2,1-2H3. The van der Waals surface area contributed by atoms with Crippen molar-refractivity contribution in [1.82, 2.24) is 5.32 Å². The van der Waals surface area contributed by atoms with Gasteiger partial charge in [-0.25, -0.2) is 0 Å². The molecule has 0 amide bonds. The Bertz CT molecular complexity index is 391. The lowest BCUT2D eigenvalue weighted by Crippen LogP contribution is -2.54. The van der Waals surface area contributed by atoms with Crippen LogP contribution in [0.4, 0.5) is 5.69 Å². The highest BCUT2D eigenvalue weighted by atomic mass is 15.2. The van der Waals surface area contributed by atoms with Gasteiger partial charge in [-0.15, -0.1) is 0 Å². The quantitative estimate of drug-likeness (QED) is 0.775. The predicted octanol–water partition coefficient (Wildman–Crippen LogP) is 1.74. The zero-order chi connectivity index (χ0) is 11.5. The topological polar surface area (TPSA) is 39.1 Å². The van der Waals surface area contributed by atoms with E-state index in [0.717, 1.165) is 18.7 Å². The molecule has 2 rings (SSSR count). The second-order valence-corrected chi connectivity index (χ2v) is 4.47. The summed E-state index contributed by atoms with van der Waals surface area (Å²) in [5.41, 5.74) is 1.93. The van der Waals surface area contributed by atoms with Gasteiger partial charge in [0, 0.05) is 30.9 Å². The second-order valence-electron chi connectivity index (χ2n) is 4.47. The average Bonchev–Trinajstić information content (AvgIpc) is 2.32. The van der Waals surface area contributed by atoms with Crippen LogP contribution in [0, 0.1) is 11.3 Å². The molecule has 0 aromatic heterocycles. The molecule has 1 N–H and O–H groups in total. The summed E-state index contributed by atoms with van der Waals surface area (Å²) in [5.74, 6) is 0. The van der Waals surface area contributed by atoms with Crippen molar-refractivity contribution >= 4 is 5.69 Å². The maximum absolute atomic E-state index is 8.76. The van der Waals surface area contributed by atoms with Crippen molar-refractivity contribution in [3.8, 4) is 6.07 Å². The minimum Gasteiger partial charge on any atom is -0.366 e. The number of anilines is 1. The van der Waals surface area contributed by atoms with Gasteiger partial charge < -0.3 is 10.2 Å². The van der Waals surface area contributed by atoms with Crippen molar-refractivity contribution in [1.29, 1.82) is 5.26 Å². The Kier molecular flexibility index (Phi) is 3.12. The van der Waals surface area contributed by atoms with Crippen LogP contribution in [0.3, 0.4) is 0 Å². The molecular weight excluding hydrogens is 198 g/mol. The van der Waals surface area contributed by atoms with Crippen LogP contribution in [0.25, 0.3) is 0 Å². The van der Waals surface area contributed by atoms with Crippen LogP contribution in [0.5, 0.6) is 0 Å². The fraction of sp³-hybridized carbons (Fsp3) is 0.462. The molecule has 1 aromatic rings. The number of hydrogen-bond acceptors (Lipinski definition) is 3. The molecule has 84 valence electrons. The number of piperazine rings is 1. The molecule has 0 spiro atoms. The van der Waals surface area contributed by atoms with Gasteiger partial charge in [-0.1, -0.05) is 0 Å². The molecule has 3 heteroatoms. The summed E-state index contributed by atoms with van der Waals surface area (Å²) in [7, 11) is 0. The molecular formula is C13H17N3. The average molecular weight is 215 g/mol. The molecule has 2 unspecified atom stereocenters. The van der Waals surface area contributed by atoms with E-state index in [0.29, 0.717) is 12.1 Å². The van der Waals surface area contributed by atoms with Gasteiger partial charge >= 0.3 is 0 Å². The van der Waals surface area contributed by atoms with E-state index in [4.69, 9.17) is 5.26 Å². The molecule has 1 fully saturated rings. The normalized spacial score (nSPS) is 25.2. The molecule has 0 radical (unpaired) electrons. The molecule has 0 bridgehead atoms. The van der Waals surface area contributed by atoms with Crippen LogP contribution < -0.4 is 10.2 Å². The van der Waals surface area contributed by atoms with E-state index in [2.05, 4.69) is 30.1 Å². The number of benzene rings is 1. The number of rotatable bonds is 1. The van der Waals surface area contributed by atoms with E-state index in [-0.39, 0.29) is 0 Å². The Labute approximate surface area is 96.7 Å². The highest BCUT2D eigenvalue weighted by Gasteiger charge is 2.22. The van der Waals surface area contributed by atoms with E-state index in [9.17, 15) is 0 Å². The van der Waals surface area contributed by atoms with Crippen molar-refractivity contribution in [2.45, 2.75) is 25.9 Å². The molecule has 0 aliphatic carbocycles. The summed E-state index contributed by atoms with van der Waals surface area (Å²) < 4.78 is 0. The molecule has 1 heterocycles. The number of nitriles is 1. The van der Waals surface area contributed by atoms with E-state index >= 15 is 0 Å². The lowest BCUT2D eigenvalue weighted by Gasteiger charge is -2.39. The summed E-state index contributed by atoms with van der Waals surface area (Å²) in [5, 5.41) is 12.2. The van der Waals surface area contributed by atoms with Gasteiger partial charge in [-0.3, -0.25) is 0 Å². The summed E-state index contributed by atoms with van der Waals surface area (Å²) in [6.45, 7) is 6.45. The third-order valence-corrected chi connectivity index (χ3v) is 3.09. The molecule has 1 aromatic carbocycles. The molecule has 16 heavy (non-hydrogen) atoms. The minimum absolute atomic E-state index is 0.504. The van der Waals surface area contributed by atoms with E-state index in [1.807, 2.05) is 24.3 Å². The molecule has 1 aliphatic rings. The lowest BCUT2D eigenvalue weighted by molar-refractivity contribution is 0.425. The highest BCUT2D eigenvalue weighted by Crippen LogP contribution is 2.20. The molecule has 1 aliphatic heterocycles. The maximum Gasteiger partial charge on any atom is 0.0991 e. The number of hydrogen-bond donors (Lipinski definition) is 1. The van der Waals surface area contributed by atoms with Crippen LogP contribution in [0.2, 0.25) is 0 Å². The monoisotopic (exact) mass is 215 g/mol. The smallest absolute Gasteiger partial charge is 0.0991 e. The minimum atomic E-state index is 0.504. The van der Waals surface area contributed by atoms with Gasteiger partial charge in [-0.05, 0) is 38.1 Å². The van der Waals surface area contributed by atoms with Crippen molar-refractivity contribution in [2.24, 2.45) is 0 Å². The Morgan fingerprint density at radius 3 is 2.62 bits per heavy atom. The van der Waals surface area contributed by atoms with Crippen LogP contribution >= 0.6 is 0 Å². The summed E-state index contributed by atoms with van der Waals surface area (Å²) >= 11 is 0. The van der Waals surface area contributed by atoms with Gasteiger partial charge in [0.2, 0.25) is 0 Å². The van der Waals surface area contributed by atoms with Gasteiger partial charge in [0.25, 0.3) is 0 Å². The fourth-order valence-electron chi connectivity index (χ4n) is 2.11. The zero-order valence-corrected chi connectivity index (χ0v) is 9.77. The first-order valence-electron chi connectivity index (χ1n) is 5.71. The molecule has 1 saturated heterocycles. The van der Waals surface area contributed by atoms with Gasteiger partial charge in [0.15, 0.2) is 0 Å². The third-order valence-electron chi connectivity index (χ3n) is 3.09. The Morgan fingerprint density at radius 1 is 1.31 bits per heavy atom. The first-order chi connectivity index (χ1) is 7.70. The highest BCUT2D eigenvalue weighted by molar-refractivity contribution is 5.51. The Hall–Kier alpha value is -1.53. The predicted molar refractivity (Wildman–Crippen MR) is 65.4 cm³/mol. The maximum atomic E-state index is 8.76. The van der Waals surface area contributed by atoms with E-state index in [1.165, 1.54) is 5.69 Å². The Morgan fingerprint density at radius 2 is 2.00 bits per heavy atom. The van der Waals surface area contributed by atoms with Gasteiger partial charge in [-0.2, -0.15) is 5.26 Å². The first-order valence-corrected chi connectivity index (χ1v) is 5.71. The largest absolute Gasteiger partial charge is 0.366 e. The zero-order valence-electron chi connectivity index (χ0n) is 9.77. The van der Waals surface area contributed by atoms with Crippen molar-refractivity contribution < 1.29 is 0 Å². The van der Waals surface area contributed by atoms with Gasteiger partial charge in [0.1, 0.15) is 0 Å². The van der Waals surface area contributed by atoms with E-state index < -0.39 is 0 Å². The van der Waals surface area contributed by atoms with Crippen LogP contribution in [-0.4, -0.2) is 25.2 Å². The van der Waals surface area contributed by atoms with Crippen LogP contribution in [-0.2, 0) is 0 Å². The number of nitrogens with zero attached hydrogens (tertiary/aromatic N) is 2. The number of nitrogens with one attached hydrogen (secondary N) is 1. The van der Waals surface area contributed by atoms with Crippen LogP contribution in [0.1, 0.15) is 19.4 Å². The summed E-state index contributed by atoms with van der Waals surface area (Å²) in [6.07, 6.45) is 0. The Balaban J connectivity index is 2.18. The summed E-state index contributed by atoms with van der Waals surface area (Å²) in [6, 6.07) is 11.0. The molecule has 0 saturated carbocycles. The fourth-order valence-corrected chi connectivity index (χ4v) is 2.11. The van der Waals surface area contributed by atoms with E-state index in [1.54, 1.807) is 0 Å². The third kappa shape index (κ3) is 2.17. The SMILES string of the molecule is CC1CN(c2ccc(C#N)cc2)C(C)CN1. The first kappa shape index (κ1) is 11.0. The van der Waals surface area contributed by atoms with Gasteiger partial charge in [0.05, 0.1) is 11.6 Å². The molecule has 2 atom stereocenters. The van der Waals surface area contributed by atoms with Crippen LogP contribution in [0.15, 0.2) is 24.3 Å². The van der Waals surface area contributed by atoms with Crippen molar-refractivity contribution in [3.05, 3.63) is 29.8 Å².